The highest BCUT2D eigenvalue weighted by Gasteiger charge is 2.76. The van der Waals surface area contributed by atoms with E-state index < -0.39 is 47.4 Å². The largest absolute Gasteiger partial charge is 0.370 e. The average Bonchev–Trinajstić information content (AvgIpc) is 3.57. The summed E-state index contributed by atoms with van der Waals surface area (Å²) in [5.41, 5.74) is 11.5. The van der Waals surface area contributed by atoms with Crippen LogP contribution in [0.2, 0.25) is 0 Å². The van der Waals surface area contributed by atoms with E-state index in [1.54, 1.807) is 53.4 Å². The molecule has 0 saturated carbocycles. The summed E-state index contributed by atoms with van der Waals surface area (Å²) < 4.78 is 0. The number of imide groups is 1. The number of para-hydroxylation sites is 1. The molecule has 1 unspecified atom stereocenters. The molecule has 5 aliphatic rings. The Morgan fingerprint density at radius 2 is 1.73 bits per heavy atom. The van der Waals surface area contributed by atoms with Gasteiger partial charge in [-0.1, -0.05) is 30.3 Å². The summed E-state index contributed by atoms with van der Waals surface area (Å²) in [6, 6.07) is 11.2. The Balaban J connectivity index is 1.15. The number of urea groups is 1. The number of hydrogen-bond donors (Lipinski definition) is 7. The molecular weight excluding hydrogens is 584 g/mol. The van der Waals surface area contributed by atoms with Crippen LogP contribution in [-0.4, -0.2) is 123 Å². The molecule has 2 aromatic carbocycles. The van der Waals surface area contributed by atoms with Crippen molar-refractivity contribution >= 4 is 41.4 Å². The fourth-order valence-corrected chi connectivity index (χ4v) is 6.83. The average molecular weight is 618 g/mol. The number of nitrogens with one attached hydrogen (secondary N) is 3. The summed E-state index contributed by atoms with van der Waals surface area (Å²) in [5.74, 6) is -4.28. The van der Waals surface area contributed by atoms with E-state index in [-0.39, 0.29) is 48.6 Å². The Bertz CT molecular complexity index is 1660. The van der Waals surface area contributed by atoms with Crippen molar-refractivity contribution in [2.45, 2.75) is 36.0 Å². The Morgan fingerprint density at radius 1 is 1.04 bits per heavy atom. The number of benzene rings is 2. The smallest absolute Gasteiger partial charge is 0.343 e. The lowest BCUT2D eigenvalue weighted by Crippen LogP contribution is -2.90. The fourth-order valence-electron chi connectivity index (χ4n) is 6.83. The summed E-state index contributed by atoms with van der Waals surface area (Å²) >= 11 is 0. The first kappa shape index (κ1) is 28.5. The second kappa shape index (κ2) is 10.2. The Kier molecular flexibility index (Phi) is 6.45. The maximum atomic E-state index is 13.6. The van der Waals surface area contributed by atoms with Gasteiger partial charge in [0.25, 0.3) is 23.4 Å². The molecule has 3 saturated heterocycles. The van der Waals surface area contributed by atoms with Gasteiger partial charge >= 0.3 is 12.0 Å². The van der Waals surface area contributed by atoms with E-state index in [4.69, 9.17) is 11.5 Å². The van der Waals surface area contributed by atoms with E-state index in [1.807, 2.05) is 0 Å². The molecule has 16 nitrogen and oxygen atoms in total. The lowest BCUT2D eigenvalue weighted by Gasteiger charge is -2.46. The van der Waals surface area contributed by atoms with Gasteiger partial charge in [-0.25, -0.2) is 15.1 Å². The van der Waals surface area contributed by atoms with Crippen LogP contribution in [0.1, 0.15) is 27.1 Å². The molecule has 3 fully saturated rings. The number of likely N-dealkylation sites (tertiary alicyclic amines) is 1. The van der Waals surface area contributed by atoms with Crippen LogP contribution in [0, 0.1) is 0 Å². The highest BCUT2D eigenvalue weighted by molar-refractivity contribution is 6.12. The summed E-state index contributed by atoms with van der Waals surface area (Å²) in [6.07, 6.45) is 0.884. The summed E-state index contributed by atoms with van der Waals surface area (Å²) in [6.45, 7) is 0.605. The van der Waals surface area contributed by atoms with E-state index in [1.165, 1.54) is 15.9 Å². The maximum Gasteiger partial charge on any atom is 0.343 e. The van der Waals surface area contributed by atoms with Crippen LogP contribution in [0.5, 0.6) is 0 Å². The molecule has 0 bridgehead atoms. The molecule has 16 heteroatoms. The SMILES string of the molecule is NC1=N[C@@H](CN2C(=O)CN(c3ccccc3)C2=O)[C@@H]2[NH+]=C(N)N[C@]23N1CC(NC(=O)c1ccccc1C(=O)N1CCC1)C3(O)O. The number of carbonyl (C=O) groups is 4. The molecular formula is C29H33N10O6+. The molecule has 5 heterocycles. The van der Waals surface area contributed by atoms with Crippen LogP contribution in [0.3, 0.4) is 0 Å². The first-order valence-electron chi connectivity index (χ1n) is 14.6. The number of amides is 5. The van der Waals surface area contributed by atoms with E-state index in [9.17, 15) is 29.4 Å². The second-order valence-corrected chi connectivity index (χ2v) is 11.7. The number of guanidine groups is 2. The van der Waals surface area contributed by atoms with Crippen molar-refractivity contribution in [1.29, 1.82) is 0 Å². The van der Waals surface area contributed by atoms with Gasteiger partial charge in [0.15, 0.2) is 12.0 Å². The van der Waals surface area contributed by atoms with Gasteiger partial charge in [-0.05, 0) is 30.7 Å². The van der Waals surface area contributed by atoms with Crippen LogP contribution >= 0.6 is 0 Å². The normalized spacial score (nSPS) is 28.2. The summed E-state index contributed by atoms with van der Waals surface area (Å²) in [7, 11) is 0. The van der Waals surface area contributed by atoms with Crippen LogP contribution < -0.4 is 32.0 Å². The molecule has 5 amide bonds. The lowest BCUT2D eigenvalue weighted by atomic mass is 9.84. The number of aliphatic imine (C=N–C) groups is 1. The van der Waals surface area contributed by atoms with Crippen molar-refractivity contribution in [2.75, 3.05) is 37.6 Å². The predicted molar refractivity (Wildman–Crippen MR) is 158 cm³/mol. The number of anilines is 1. The van der Waals surface area contributed by atoms with Crippen LogP contribution in [0.4, 0.5) is 10.5 Å². The first-order valence-corrected chi connectivity index (χ1v) is 14.6. The topological polar surface area (TPSA) is 224 Å². The Morgan fingerprint density at radius 3 is 2.42 bits per heavy atom. The molecule has 0 aliphatic carbocycles. The summed E-state index contributed by atoms with van der Waals surface area (Å²) in [4.78, 5) is 65.8. The highest BCUT2D eigenvalue weighted by atomic mass is 16.5. The fraction of sp³-hybridized carbons (Fsp3) is 0.379. The van der Waals surface area contributed by atoms with Gasteiger partial charge in [-0.2, -0.15) is 0 Å². The standard InChI is InChI=1S/C29H32N10O6/c30-25-34-22-19(13-38-21(40)15-37(27(38)43)16-7-2-1-3-8-16)32-26(31)39-14-20(29(44,45)28(22,39)35-25)33-23(41)17-9-4-5-10-18(17)24(42)36-11-6-12-36/h1-5,7-10,19-20,22,44-45H,6,11-15H2,(H2,31,32)(H,33,41)(H3,30,34,35)/p+1/t19-,20?,22-,28-/m0/s1. The number of nitrogens with zero attached hydrogens (tertiary/aromatic N) is 5. The van der Waals surface area contributed by atoms with E-state index in [2.05, 4.69) is 20.6 Å². The quantitative estimate of drug-likeness (QED) is 0.122. The van der Waals surface area contributed by atoms with E-state index >= 15 is 0 Å². The van der Waals surface area contributed by atoms with Crippen molar-refractivity contribution < 1.29 is 34.4 Å². The van der Waals surface area contributed by atoms with Gasteiger partial charge in [0, 0.05) is 18.8 Å². The number of hydrogen-bond acceptors (Lipinski definition) is 11. The zero-order valence-electron chi connectivity index (χ0n) is 24.1. The molecule has 5 aliphatic heterocycles. The predicted octanol–water partition coefficient (Wildman–Crippen LogP) is -4.14. The molecule has 0 aromatic heterocycles. The Hall–Kier alpha value is -5.22. The number of rotatable bonds is 6. The van der Waals surface area contributed by atoms with Crippen molar-refractivity contribution in [1.82, 2.24) is 25.3 Å². The molecule has 1 spiro atoms. The molecule has 4 atom stereocenters. The van der Waals surface area contributed by atoms with Gasteiger partial charge in [-0.15, -0.1) is 0 Å². The maximum absolute atomic E-state index is 13.6. The first-order chi connectivity index (χ1) is 21.5. The zero-order chi connectivity index (χ0) is 31.7. The van der Waals surface area contributed by atoms with Gasteiger partial charge in [0.1, 0.15) is 18.6 Å². The number of nitrogens with two attached hydrogens (primary N) is 2. The monoisotopic (exact) mass is 617 g/mol. The molecule has 2 aromatic rings. The molecule has 45 heavy (non-hydrogen) atoms. The molecule has 7 rings (SSSR count). The zero-order valence-corrected chi connectivity index (χ0v) is 24.1. The van der Waals surface area contributed by atoms with E-state index in [0.717, 1.165) is 11.3 Å². The number of aliphatic hydroxyl groups is 2. The lowest BCUT2D eigenvalue weighted by molar-refractivity contribution is -0.521. The van der Waals surface area contributed by atoms with Crippen molar-refractivity contribution in [3.8, 4) is 0 Å². The van der Waals surface area contributed by atoms with Crippen molar-refractivity contribution in [2.24, 2.45) is 16.5 Å². The van der Waals surface area contributed by atoms with Crippen molar-refractivity contribution in [3.63, 3.8) is 0 Å². The van der Waals surface area contributed by atoms with Crippen LogP contribution in [0.15, 0.2) is 59.6 Å². The minimum Gasteiger partial charge on any atom is -0.370 e. The van der Waals surface area contributed by atoms with Crippen molar-refractivity contribution in [3.05, 3.63) is 65.7 Å². The minimum atomic E-state index is -2.72. The Labute approximate surface area is 257 Å². The van der Waals surface area contributed by atoms with Crippen LogP contribution in [-0.2, 0) is 4.79 Å². The highest BCUT2D eigenvalue weighted by Crippen LogP contribution is 2.41. The third-order valence-corrected chi connectivity index (χ3v) is 9.23. The second-order valence-electron chi connectivity index (χ2n) is 11.7. The molecule has 234 valence electrons. The van der Waals surface area contributed by atoms with Gasteiger partial charge < -0.3 is 26.2 Å². The van der Waals surface area contributed by atoms with Gasteiger partial charge in [0.05, 0.1) is 24.2 Å². The van der Waals surface area contributed by atoms with E-state index in [0.29, 0.717) is 18.8 Å². The molecule has 9 N–H and O–H groups in total. The molecule has 0 radical (unpaired) electrons. The van der Waals surface area contributed by atoms with Crippen LogP contribution in [0.25, 0.3) is 0 Å². The van der Waals surface area contributed by atoms with Gasteiger partial charge in [-0.3, -0.25) is 39.8 Å². The number of carbonyl (C=O) groups excluding carboxylic acids is 4. The third kappa shape index (κ3) is 4.20. The summed E-state index contributed by atoms with van der Waals surface area (Å²) in [5, 5.41) is 29.2. The van der Waals surface area contributed by atoms with Gasteiger partial charge in [0.2, 0.25) is 5.79 Å². The minimum absolute atomic E-state index is 0.0187. The third-order valence-electron chi connectivity index (χ3n) is 9.23.